The molecule has 0 unspecified atom stereocenters. The Balaban J connectivity index is 2.84. The number of ether oxygens (including phenoxy) is 1. The fourth-order valence-corrected chi connectivity index (χ4v) is 3.50. The van der Waals surface area contributed by atoms with Gasteiger partial charge in [0, 0.05) is 25.0 Å². The monoisotopic (exact) mass is 286 g/mol. The molecule has 0 bridgehead atoms. The van der Waals surface area contributed by atoms with Gasteiger partial charge in [0.1, 0.15) is 0 Å². The number of hydrogen-bond donors (Lipinski definition) is 2. The second kappa shape index (κ2) is 5.91. The SMILES string of the molecule is CCCN(C1(C)CC([C@@H](C)N)C1)[C@@](C)(O)OC(C)(C)C. The number of hydrogen-bond acceptors (Lipinski definition) is 4. The number of nitrogens with zero attached hydrogens (tertiary/aromatic N) is 1. The van der Waals surface area contributed by atoms with Gasteiger partial charge in [-0.1, -0.05) is 6.92 Å². The van der Waals surface area contributed by atoms with E-state index in [1.54, 1.807) is 6.92 Å². The molecule has 0 spiro atoms. The van der Waals surface area contributed by atoms with E-state index in [0.717, 1.165) is 25.8 Å². The summed E-state index contributed by atoms with van der Waals surface area (Å²) in [6.07, 6.45) is 3.03. The number of aliphatic hydroxyl groups is 1. The molecular weight excluding hydrogens is 252 g/mol. The van der Waals surface area contributed by atoms with Crippen molar-refractivity contribution in [1.29, 1.82) is 0 Å². The Morgan fingerprint density at radius 1 is 1.35 bits per heavy atom. The highest BCUT2D eigenvalue weighted by molar-refractivity contribution is 5.03. The zero-order valence-electron chi connectivity index (χ0n) is 14.4. The van der Waals surface area contributed by atoms with Crippen LogP contribution >= 0.6 is 0 Å². The molecule has 4 nitrogen and oxygen atoms in total. The molecule has 0 amide bonds. The summed E-state index contributed by atoms with van der Waals surface area (Å²) in [5, 5.41) is 10.8. The van der Waals surface area contributed by atoms with Crippen LogP contribution in [0.1, 0.15) is 67.7 Å². The normalized spacial score (nSPS) is 31.8. The van der Waals surface area contributed by atoms with Crippen molar-refractivity contribution in [3.63, 3.8) is 0 Å². The van der Waals surface area contributed by atoms with Crippen molar-refractivity contribution < 1.29 is 9.84 Å². The Morgan fingerprint density at radius 2 is 1.85 bits per heavy atom. The third-order valence-electron chi connectivity index (χ3n) is 4.25. The van der Waals surface area contributed by atoms with E-state index in [4.69, 9.17) is 10.5 Å². The van der Waals surface area contributed by atoms with Gasteiger partial charge in [-0.3, -0.25) is 0 Å². The molecule has 2 atom stereocenters. The lowest BCUT2D eigenvalue weighted by Crippen LogP contribution is -2.67. The van der Waals surface area contributed by atoms with Gasteiger partial charge in [-0.25, -0.2) is 4.90 Å². The molecule has 1 aliphatic rings. The molecule has 20 heavy (non-hydrogen) atoms. The lowest BCUT2D eigenvalue weighted by molar-refractivity contribution is -0.345. The summed E-state index contributed by atoms with van der Waals surface area (Å²) < 4.78 is 5.91. The summed E-state index contributed by atoms with van der Waals surface area (Å²) in [6, 6.07) is 0.222. The Morgan fingerprint density at radius 3 is 2.20 bits per heavy atom. The van der Waals surface area contributed by atoms with Crippen LogP contribution in [0.3, 0.4) is 0 Å². The van der Waals surface area contributed by atoms with E-state index in [-0.39, 0.29) is 17.2 Å². The third-order valence-corrected chi connectivity index (χ3v) is 4.25. The van der Waals surface area contributed by atoms with Gasteiger partial charge in [0.05, 0.1) is 5.60 Å². The average Bonchev–Trinajstić information content (AvgIpc) is 2.17. The molecule has 4 heteroatoms. The van der Waals surface area contributed by atoms with Gasteiger partial charge in [-0.2, -0.15) is 0 Å². The first-order valence-electron chi connectivity index (χ1n) is 7.87. The minimum absolute atomic E-state index is 0.0247. The summed E-state index contributed by atoms with van der Waals surface area (Å²) in [5.74, 6) is -0.698. The van der Waals surface area contributed by atoms with Crippen LogP contribution in [-0.2, 0) is 4.74 Å². The van der Waals surface area contributed by atoms with Crippen molar-refractivity contribution in [2.45, 2.75) is 90.8 Å². The Kier molecular flexibility index (Phi) is 5.29. The van der Waals surface area contributed by atoms with E-state index in [9.17, 15) is 5.11 Å². The minimum Gasteiger partial charge on any atom is -0.353 e. The molecule has 120 valence electrons. The van der Waals surface area contributed by atoms with Crippen LogP contribution in [0.15, 0.2) is 0 Å². The lowest BCUT2D eigenvalue weighted by Gasteiger charge is -2.58. The molecule has 0 heterocycles. The number of nitrogens with two attached hydrogens (primary N) is 1. The van der Waals surface area contributed by atoms with Gasteiger partial charge in [-0.05, 0) is 59.8 Å². The van der Waals surface area contributed by atoms with Crippen molar-refractivity contribution in [1.82, 2.24) is 4.90 Å². The molecule has 0 radical (unpaired) electrons. The quantitative estimate of drug-likeness (QED) is 0.737. The van der Waals surface area contributed by atoms with Crippen LogP contribution in [0.2, 0.25) is 0 Å². The predicted molar refractivity (Wildman–Crippen MR) is 83.2 cm³/mol. The molecular formula is C16H34N2O2. The molecule has 0 aliphatic heterocycles. The van der Waals surface area contributed by atoms with E-state index < -0.39 is 5.91 Å². The minimum atomic E-state index is -1.24. The largest absolute Gasteiger partial charge is 0.353 e. The molecule has 1 saturated carbocycles. The van der Waals surface area contributed by atoms with E-state index in [1.807, 2.05) is 20.8 Å². The second-order valence-electron chi connectivity index (χ2n) is 7.82. The van der Waals surface area contributed by atoms with Crippen LogP contribution in [0.4, 0.5) is 0 Å². The summed E-state index contributed by atoms with van der Waals surface area (Å²) in [6.45, 7) is 14.9. The smallest absolute Gasteiger partial charge is 0.225 e. The maximum Gasteiger partial charge on any atom is 0.225 e. The van der Waals surface area contributed by atoms with Crippen LogP contribution < -0.4 is 5.73 Å². The first-order valence-corrected chi connectivity index (χ1v) is 7.87. The lowest BCUT2D eigenvalue weighted by atomic mass is 9.65. The fraction of sp³-hybridized carbons (Fsp3) is 1.00. The zero-order chi connectivity index (χ0) is 15.8. The molecule has 1 fully saturated rings. The first kappa shape index (κ1) is 17.9. The third kappa shape index (κ3) is 4.17. The topological polar surface area (TPSA) is 58.7 Å². The van der Waals surface area contributed by atoms with Crippen LogP contribution in [0.25, 0.3) is 0 Å². The van der Waals surface area contributed by atoms with Crippen LogP contribution in [0.5, 0.6) is 0 Å². The van der Waals surface area contributed by atoms with Gasteiger partial charge >= 0.3 is 0 Å². The standard InChI is InChI=1S/C16H34N2O2/c1-8-9-18(16(7,19)20-14(3,4)5)15(6)10-13(11-15)12(2)17/h12-13,19H,8-11,17H2,1-7H3/t12-,13?,15?,16+/m1/s1. The predicted octanol–water partition coefficient (Wildman–Crippen LogP) is 2.70. The molecule has 1 aliphatic carbocycles. The van der Waals surface area contributed by atoms with Gasteiger partial charge < -0.3 is 15.6 Å². The molecule has 0 saturated heterocycles. The maximum absolute atomic E-state index is 10.8. The second-order valence-corrected chi connectivity index (χ2v) is 7.82. The van der Waals surface area contributed by atoms with E-state index in [1.165, 1.54) is 0 Å². The van der Waals surface area contributed by atoms with E-state index in [2.05, 4.69) is 25.7 Å². The Bertz CT molecular complexity index is 315. The maximum atomic E-state index is 10.8. The highest BCUT2D eigenvalue weighted by Gasteiger charge is 2.52. The highest BCUT2D eigenvalue weighted by Crippen LogP contribution is 2.46. The fourth-order valence-electron chi connectivity index (χ4n) is 3.50. The molecule has 0 aromatic carbocycles. The van der Waals surface area contributed by atoms with Crippen LogP contribution in [0, 0.1) is 5.92 Å². The van der Waals surface area contributed by atoms with Gasteiger partial charge in [-0.15, -0.1) is 0 Å². The summed E-state index contributed by atoms with van der Waals surface area (Å²) >= 11 is 0. The summed E-state index contributed by atoms with van der Waals surface area (Å²) in [7, 11) is 0. The molecule has 1 rings (SSSR count). The summed E-state index contributed by atoms with van der Waals surface area (Å²) in [5.41, 5.74) is 5.59. The molecule has 0 aromatic rings. The van der Waals surface area contributed by atoms with Crippen LogP contribution in [-0.4, -0.2) is 39.6 Å². The Hall–Kier alpha value is -0.160. The van der Waals surface area contributed by atoms with E-state index in [0.29, 0.717) is 5.92 Å². The zero-order valence-corrected chi connectivity index (χ0v) is 14.4. The van der Waals surface area contributed by atoms with Crippen molar-refractivity contribution in [3.05, 3.63) is 0 Å². The molecule has 3 N–H and O–H groups in total. The van der Waals surface area contributed by atoms with Crippen molar-refractivity contribution in [2.75, 3.05) is 6.54 Å². The molecule has 0 aromatic heterocycles. The summed E-state index contributed by atoms with van der Waals surface area (Å²) in [4.78, 5) is 2.12. The van der Waals surface area contributed by atoms with Gasteiger partial charge in [0.2, 0.25) is 5.91 Å². The first-order chi connectivity index (χ1) is 8.91. The average molecular weight is 286 g/mol. The highest BCUT2D eigenvalue weighted by atomic mass is 16.7. The van der Waals surface area contributed by atoms with Gasteiger partial charge in [0.25, 0.3) is 0 Å². The van der Waals surface area contributed by atoms with Crippen molar-refractivity contribution in [3.8, 4) is 0 Å². The number of rotatable bonds is 6. The van der Waals surface area contributed by atoms with E-state index >= 15 is 0 Å². The Labute approximate surface area is 124 Å². The van der Waals surface area contributed by atoms with Gasteiger partial charge in [0.15, 0.2) is 0 Å². The van der Waals surface area contributed by atoms with Crippen molar-refractivity contribution in [2.24, 2.45) is 11.7 Å². The van der Waals surface area contributed by atoms with Crippen molar-refractivity contribution >= 4 is 0 Å².